The average Bonchev–Trinajstić information content (AvgIpc) is 2.88. The summed E-state index contributed by atoms with van der Waals surface area (Å²) in [6, 6.07) is 0. The maximum absolute atomic E-state index is 8.83. The number of aliphatic hydroxyl groups is 1. The summed E-state index contributed by atoms with van der Waals surface area (Å²) in [7, 11) is 0. The van der Waals surface area contributed by atoms with Gasteiger partial charge in [-0.05, 0) is 19.1 Å². The molecule has 0 saturated heterocycles. The lowest BCUT2D eigenvalue weighted by Crippen LogP contribution is -2.39. The highest BCUT2D eigenvalue weighted by Crippen LogP contribution is 2.37. The summed E-state index contributed by atoms with van der Waals surface area (Å²) in [5.74, 6) is 0. The Morgan fingerprint density at radius 3 is 2.89 bits per heavy atom. The molecule has 0 aromatic carbocycles. The summed E-state index contributed by atoms with van der Waals surface area (Å²) in [6.45, 7) is 2.42. The molecule has 108 valence electrons. The number of nitrogens with zero attached hydrogens (tertiary/aromatic N) is 3. The molecule has 0 aliphatic heterocycles. The molecule has 19 heavy (non-hydrogen) atoms. The highest BCUT2D eigenvalue weighted by atomic mass is 32.2. The van der Waals surface area contributed by atoms with Crippen molar-refractivity contribution in [1.82, 2.24) is 20.3 Å². The molecule has 1 aromatic rings. The van der Waals surface area contributed by atoms with Crippen molar-refractivity contribution in [2.24, 2.45) is 0 Å². The van der Waals surface area contributed by atoms with E-state index in [0.29, 0.717) is 11.3 Å². The first kappa shape index (κ1) is 14.8. The van der Waals surface area contributed by atoms with Crippen LogP contribution in [0, 0.1) is 0 Å². The SMILES string of the molecule is CSC1(CNCc2cn(CCO)nn2)CCCCC1. The zero-order chi connectivity index (χ0) is 13.6. The van der Waals surface area contributed by atoms with Gasteiger partial charge in [-0.1, -0.05) is 24.5 Å². The fraction of sp³-hybridized carbons (Fsp3) is 0.846. The van der Waals surface area contributed by atoms with Crippen LogP contribution in [0.4, 0.5) is 0 Å². The van der Waals surface area contributed by atoms with Crippen molar-refractivity contribution in [3.05, 3.63) is 11.9 Å². The molecule has 6 heteroatoms. The number of hydrogen-bond acceptors (Lipinski definition) is 5. The predicted molar refractivity (Wildman–Crippen MR) is 78.1 cm³/mol. The van der Waals surface area contributed by atoms with Crippen molar-refractivity contribution in [1.29, 1.82) is 0 Å². The highest BCUT2D eigenvalue weighted by molar-refractivity contribution is 8.00. The average molecular weight is 284 g/mol. The second-order valence-electron chi connectivity index (χ2n) is 5.25. The summed E-state index contributed by atoms with van der Waals surface area (Å²) in [6.07, 6.45) is 10.9. The fourth-order valence-electron chi connectivity index (χ4n) is 2.70. The first-order valence-electron chi connectivity index (χ1n) is 7.04. The molecule has 1 aromatic heterocycles. The minimum atomic E-state index is 0.103. The molecular weight excluding hydrogens is 260 g/mol. The highest BCUT2D eigenvalue weighted by Gasteiger charge is 2.30. The molecule has 1 aliphatic carbocycles. The van der Waals surface area contributed by atoms with E-state index in [0.717, 1.165) is 18.8 Å². The quantitative estimate of drug-likeness (QED) is 0.793. The lowest BCUT2D eigenvalue weighted by atomic mass is 9.88. The van der Waals surface area contributed by atoms with Crippen molar-refractivity contribution >= 4 is 11.8 Å². The second-order valence-corrected chi connectivity index (χ2v) is 6.52. The van der Waals surface area contributed by atoms with Gasteiger partial charge in [-0.3, -0.25) is 0 Å². The number of hydrogen-bond donors (Lipinski definition) is 2. The van der Waals surface area contributed by atoms with Gasteiger partial charge >= 0.3 is 0 Å². The normalized spacial score (nSPS) is 18.6. The summed E-state index contributed by atoms with van der Waals surface area (Å²) in [4.78, 5) is 0. The molecule has 2 N–H and O–H groups in total. The summed E-state index contributed by atoms with van der Waals surface area (Å²) < 4.78 is 2.10. The molecule has 0 radical (unpaired) electrons. The maximum atomic E-state index is 8.83. The lowest BCUT2D eigenvalue weighted by molar-refractivity contribution is 0.268. The van der Waals surface area contributed by atoms with Crippen molar-refractivity contribution in [3.8, 4) is 0 Å². The van der Waals surface area contributed by atoms with Gasteiger partial charge in [0.1, 0.15) is 0 Å². The topological polar surface area (TPSA) is 63.0 Å². The van der Waals surface area contributed by atoms with Crippen LogP contribution in [0.15, 0.2) is 6.20 Å². The lowest BCUT2D eigenvalue weighted by Gasteiger charge is -2.35. The van der Waals surface area contributed by atoms with Gasteiger partial charge in [0.25, 0.3) is 0 Å². The van der Waals surface area contributed by atoms with Crippen molar-refractivity contribution in [3.63, 3.8) is 0 Å². The molecule has 2 rings (SSSR count). The van der Waals surface area contributed by atoms with Gasteiger partial charge in [0.15, 0.2) is 0 Å². The van der Waals surface area contributed by atoms with E-state index in [1.807, 2.05) is 18.0 Å². The summed E-state index contributed by atoms with van der Waals surface area (Å²) in [5, 5.41) is 20.4. The first-order valence-corrected chi connectivity index (χ1v) is 8.26. The first-order chi connectivity index (χ1) is 9.28. The van der Waals surface area contributed by atoms with Gasteiger partial charge in [0.2, 0.25) is 0 Å². The Kier molecular flexibility index (Phi) is 5.66. The van der Waals surface area contributed by atoms with E-state index in [2.05, 4.69) is 21.9 Å². The van der Waals surface area contributed by atoms with Gasteiger partial charge in [0, 0.05) is 24.0 Å². The van der Waals surface area contributed by atoms with E-state index in [1.54, 1.807) is 4.68 Å². The monoisotopic (exact) mass is 284 g/mol. The third kappa shape index (κ3) is 4.19. The maximum Gasteiger partial charge on any atom is 0.0964 e. The van der Waals surface area contributed by atoms with E-state index in [4.69, 9.17) is 5.11 Å². The van der Waals surface area contributed by atoms with Crippen LogP contribution in [-0.4, -0.2) is 44.3 Å². The van der Waals surface area contributed by atoms with Crippen LogP contribution in [0.1, 0.15) is 37.8 Å². The standard InChI is InChI=1S/C13H24N4OS/c1-19-13(5-3-2-4-6-13)11-14-9-12-10-17(7-8-18)16-15-12/h10,14,18H,2-9,11H2,1H3. The van der Waals surface area contributed by atoms with Gasteiger partial charge in [-0.25, -0.2) is 4.68 Å². The number of aromatic nitrogens is 3. The Morgan fingerprint density at radius 1 is 1.42 bits per heavy atom. The Morgan fingerprint density at radius 2 is 2.21 bits per heavy atom. The van der Waals surface area contributed by atoms with Crippen LogP contribution in [0.5, 0.6) is 0 Å². The zero-order valence-electron chi connectivity index (χ0n) is 11.6. The van der Waals surface area contributed by atoms with E-state index < -0.39 is 0 Å². The van der Waals surface area contributed by atoms with Gasteiger partial charge in [-0.15, -0.1) is 5.10 Å². The minimum absolute atomic E-state index is 0.103. The number of aliphatic hydroxyl groups excluding tert-OH is 1. The summed E-state index contributed by atoms with van der Waals surface area (Å²) in [5.41, 5.74) is 0.945. The van der Waals surface area contributed by atoms with Crippen LogP contribution in [0.2, 0.25) is 0 Å². The Labute approximate surface area is 119 Å². The van der Waals surface area contributed by atoms with Crippen LogP contribution >= 0.6 is 11.8 Å². The smallest absolute Gasteiger partial charge is 0.0964 e. The Bertz CT molecular complexity index is 376. The second kappa shape index (κ2) is 7.26. The molecule has 0 atom stereocenters. The van der Waals surface area contributed by atoms with Gasteiger partial charge in [0.05, 0.1) is 18.8 Å². The van der Waals surface area contributed by atoms with Crippen molar-refractivity contribution < 1.29 is 5.11 Å². The summed E-state index contributed by atoms with van der Waals surface area (Å²) >= 11 is 2.00. The molecule has 0 amide bonds. The minimum Gasteiger partial charge on any atom is -0.394 e. The van der Waals surface area contributed by atoms with Crippen LogP contribution in [-0.2, 0) is 13.1 Å². The van der Waals surface area contributed by atoms with E-state index in [9.17, 15) is 0 Å². The molecule has 1 fully saturated rings. The molecule has 1 aliphatic rings. The largest absolute Gasteiger partial charge is 0.394 e. The fourth-order valence-corrected chi connectivity index (χ4v) is 3.64. The van der Waals surface area contributed by atoms with Gasteiger partial charge in [-0.2, -0.15) is 11.8 Å². The molecule has 5 nitrogen and oxygen atoms in total. The van der Waals surface area contributed by atoms with E-state index >= 15 is 0 Å². The van der Waals surface area contributed by atoms with Crippen molar-refractivity contribution in [2.75, 3.05) is 19.4 Å². The van der Waals surface area contributed by atoms with Crippen LogP contribution in [0.25, 0.3) is 0 Å². The third-order valence-corrected chi connectivity index (χ3v) is 5.28. The number of nitrogens with one attached hydrogen (secondary N) is 1. The van der Waals surface area contributed by atoms with Crippen molar-refractivity contribution in [2.45, 2.75) is 49.9 Å². The number of thioether (sulfide) groups is 1. The molecule has 0 spiro atoms. The molecular formula is C13H24N4OS. The van der Waals surface area contributed by atoms with Gasteiger partial charge < -0.3 is 10.4 Å². The predicted octanol–water partition coefficient (Wildman–Crippen LogP) is 1.43. The third-order valence-electron chi connectivity index (χ3n) is 3.87. The molecule has 0 bridgehead atoms. The van der Waals surface area contributed by atoms with E-state index in [-0.39, 0.29) is 6.61 Å². The van der Waals surface area contributed by atoms with Crippen LogP contribution < -0.4 is 5.32 Å². The molecule has 0 unspecified atom stereocenters. The Hall–Kier alpha value is -0.590. The van der Waals surface area contributed by atoms with E-state index in [1.165, 1.54) is 32.1 Å². The molecule has 1 heterocycles. The Balaban J connectivity index is 1.78. The molecule has 1 saturated carbocycles. The zero-order valence-corrected chi connectivity index (χ0v) is 12.5. The van der Waals surface area contributed by atoms with Crippen LogP contribution in [0.3, 0.4) is 0 Å². The number of rotatable bonds is 7.